The molecule has 1 rings (SSSR count). The molecule has 0 aromatic rings. The van der Waals surface area contributed by atoms with E-state index >= 15 is 0 Å². The van der Waals surface area contributed by atoms with Crippen LogP contribution in [0.2, 0.25) is 0 Å². The molecule has 2 atom stereocenters. The normalized spacial score (nSPS) is 32.7. The van der Waals surface area contributed by atoms with Crippen LogP contribution in [0.5, 0.6) is 0 Å². The van der Waals surface area contributed by atoms with Crippen molar-refractivity contribution in [3.05, 3.63) is 0 Å². The molecule has 2 heteroatoms. The molecule has 0 saturated heterocycles. The Labute approximate surface area is 60.8 Å². The number of nitriles is 1. The predicted molar refractivity (Wildman–Crippen MR) is 37.1 cm³/mol. The van der Waals surface area contributed by atoms with Crippen LogP contribution in [0.3, 0.4) is 0 Å². The SMILES string of the molecule is N#C[C@@H]1CCC[C@@H](C=O)C1. The summed E-state index contributed by atoms with van der Waals surface area (Å²) in [5, 5.41) is 8.54. The van der Waals surface area contributed by atoms with Gasteiger partial charge in [-0.3, -0.25) is 0 Å². The van der Waals surface area contributed by atoms with Crippen LogP contribution in [0.1, 0.15) is 25.7 Å². The minimum absolute atomic E-state index is 0.143. The molecule has 2 nitrogen and oxygen atoms in total. The van der Waals surface area contributed by atoms with Crippen LogP contribution in [-0.4, -0.2) is 6.29 Å². The summed E-state index contributed by atoms with van der Waals surface area (Å²) in [7, 11) is 0. The first-order valence-electron chi connectivity index (χ1n) is 3.71. The molecule has 1 aliphatic rings. The van der Waals surface area contributed by atoms with E-state index in [0.717, 1.165) is 32.0 Å². The maximum absolute atomic E-state index is 10.3. The lowest BCUT2D eigenvalue weighted by atomic mass is 9.83. The number of nitrogens with zero attached hydrogens (tertiary/aromatic N) is 1. The van der Waals surface area contributed by atoms with Crippen LogP contribution >= 0.6 is 0 Å². The van der Waals surface area contributed by atoms with Crippen LogP contribution in [-0.2, 0) is 4.79 Å². The Hall–Kier alpha value is -0.840. The van der Waals surface area contributed by atoms with Crippen molar-refractivity contribution in [1.82, 2.24) is 0 Å². The Morgan fingerprint density at radius 1 is 1.50 bits per heavy atom. The van der Waals surface area contributed by atoms with Gasteiger partial charge in [-0.05, 0) is 19.3 Å². The van der Waals surface area contributed by atoms with E-state index in [2.05, 4.69) is 6.07 Å². The topological polar surface area (TPSA) is 40.9 Å². The van der Waals surface area contributed by atoms with Gasteiger partial charge in [0, 0.05) is 11.8 Å². The highest BCUT2D eigenvalue weighted by atomic mass is 16.1. The molecule has 0 aromatic heterocycles. The Morgan fingerprint density at radius 2 is 2.30 bits per heavy atom. The van der Waals surface area contributed by atoms with Gasteiger partial charge in [0.2, 0.25) is 0 Å². The van der Waals surface area contributed by atoms with E-state index < -0.39 is 0 Å². The Balaban J connectivity index is 2.40. The zero-order valence-electron chi connectivity index (χ0n) is 5.92. The molecule has 0 aromatic carbocycles. The van der Waals surface area contributed by atoms with E-state index in [1.807, 2.05) is 0 Å². The smallest absolute Gasteiger partial charge is 0.123 e. The van der Waals surface area contributed by atoms with Crippen molar-refractivity contribution in [2.75, 3.05) is 0 Å². The maximum atomic E-state index is 10.3. The summed E-state index contributed by atoms with van der Waals surface area (Å²) in [5.74, 6) is 0.308. The summed E-state index contributed by atoms with van der Waals surface area (Å²) in [5.41, 5.74) is 0. The average molecular weight is 137 g/mol. The van der Waals surface area contributed by atoms with E-state index in [9.17, 15) is 4.79 Å². The van der Waals surface area contributed by atoms with Crippen LogP contribution < -0.4 is 0 Å². The lowest BCUT2D eigenvalue weighted by molar-refractivity contribution is -0.112. The lowest BCUT2D eigenvalue weighted by Crippen LogP contribution is -2.14. The number of carbonyl (C=O) groups is 1. The van der Waals surface area contributed by atoms with Gasteiger partial charge in [0.15, 0.2) is 0 Å². The minimum Gasteiger partial charge on any atom is -0.303 e. The Morgan fingerprint density at radius 3 is 2.90 bits per heavy atom. The number of hydrogen-bond donors (Lipinski definition) is 0. The second kappa shape index (κ2) is 3.36. The summed E-state index contributed by atoms with van der Waals surface area (Å²) in [6, 6.07) is 2.21. The summed E-state index contributed by atoms with van der Waals surface area (Å²) in [6.45, 7) is 0. The van der Waals surface area contributed by atoms with Gasteiger partial charge in [-0.2, -0.15) is 5.26 Å². The first-order valence-corrected chi connectivity index (χ1v) is 3.71. The van der Waals surface area contributed by atoms with Gasteiger partial charge in [0.1, 0.15) is 6.29 Å². The van der Waals surface area contributed by atoms with Gasteiger partial charge >= 0.3 is 0 Å². The standard InChI is InChI=1S/C8H11NO/c9-5-7-2-1-3-8(4-7)6-10/h6-8H,1-4H2/t7-,8-/m1/s1. The van der Waals surface area contributed by atoms with Crippen LogP contribution in [0.25, 0.3) is 0 Å². The second-order valence-electron chi connectivity index (χ2n) is 2.89. The molecular weight excluding hydrogens is 126 g/mol. The zero-order chi connectivity index (χ0) is 7.40. The van der Waals surface area contributed by atoms with Crippen LogP contribution in [0.4, 0.5) is 0 Å². The highest BCUT2D eigenvalue weighted by molar-refractivity contribution is 5.53. The van der Waals surface area contributed by atoms with Gasteiger partial charge in [-0.15, -0.1) is 0 Å². The molecule has 0 amide bonds. The van der Waals surface area contributed by atoms with Crippen molar-refractivity contribution < 1.29 is 4.79 Å². The van der Waals surface area contributed by atoms with Gasteiger partial charge in [-0.25, -0.2) is 0 Å². The van der Waals surface area contributed by atoms with Crippen molar-refractivity contribution in [2.45, 2.75) is 25.7 Å². The first-order chi connectivity index (χ1) is 4.86. The highest BCUT2D eigenvalue weighted by Gasteiger charge is 2.20. The third kappa shape index (κ3) is 1.57. The van der Waals surface area contributed by atoms with Crippen molar-refractivity contribution >= 4 is 6.29 Å². The van der Waals surface area contributed by atoms with Crippen molar-refractivity contribution in [2.24, 2.45) is 11.8 Å². The number of aldehydes is 1. The second-order valence-corrected chi connectivity index (χ2v) is 2.89. The predicted octanol–water partition coefficient (Wildman–Crippen LogP) is 1.52. The molecule has 0 spiro atoms. The van der Waals surface area contributed by atoms with E-state index in [1.54, 1.807) is 0 Å². The van der Waals surface area contributed by atoms with Crippen molar-refractivity contribution in [1.29, 1.82) is 5.26 Å². The molecule has 10 heavy (non-hydrogen) atoms. The molecule has 1 fully saturated rings. The largest absolute Gasteiger partial charge is 0.303 e. The Bertz CT molecular complexity index is 159. The fraction of sp³-hybridized carbons (Fsp3) is 0.750. The summed E-state index contributed by atoms with van der Waals surface area (Å²) in [6.07, 6.45) is 4.80. The molecular formula is C8H11NO. The Kier molecular flexibility index (Phi) is 2.44. The number of hydrogen-bond acceptors (Lipinski definition) is 2. The third-order valence-electron chi connectivity index (χ3n) is 2.09. The highest BCUT2D eigenvalue weighted by Crippen LogP contribution is 2.26. The maximum Gasteiger partial charge on any atom is 0.123 e. The molecule has 0 aliphatic heterocycles. The lowest BCUT2D eigenvalue weighted by Gasteiger charge is -2.19. The third-order valence-corrected chi connectivity index (χ3v) is 2.09. The molecule has 54 valence electrons. The van der Waals surface area contributed by atoms with E-state index in [4.69, 9.17) is 5.26 Å². The zero-order valence-corrected chi connectivity index (χ0v) is 5.92. The minimum atomic E-state index is 0.143. The van der Waals surface area contributed by atoms with Crippen molar-refractivity contribution in [3.8, 4) is 6.07 Å². The first kappa shape index (κ1) is 7.27. The van der Waals surface area contributed by atoms with E-state index in [-0.39, 0.29) is 11.8 Å². The molecule has 0 radical (unpaired) electrons. The molecule has 0 heterocycles. The quantitative estimate of drug-likeness (QED) is 0.514. The van der Waals surface area contributed by atoms with Crippen LogP contribution in [0.15, 0.2) is 0 Å². The summed E-state index contributed by atoms with van der Waals surface area (Å²) < 4.78 is 0. The molecule has 0 N–H and O–H groups in total. The molecule has 1 saturated carbocycles. The fourth-order valence-corrected chi connectivity index (χ4v) is 1.47. The van der Waals surface area contributed by atoms with Gasteiger partial charge in [-0.1, -0.05) is 6.42 Å². The molecule has 0 bridgehead atoms. The number of rotatable bonds is 1. The number of carbonyl (C=O) groups excluding carboxylic acids is 1. The van der Waals surface area contributed by atoms with Gasteiger partial charge in [0.05, 0.1) is 6.07 Å². The van der Waals surface area contributed by atoms with Gasteiger partial charge in [0.25, 0.3) is 0 Å². The van der Waals surface area contributed by atoms with Gasteiger partial charge < -0.3 is 4.79 Å². The van der Waals surface area contributed by atoms with E-state index in [0.29, 0.717) is 0 Å². The van der Waals surface area contributed by atoms with Crippen molar-refractivity contribution in [3.63, 3.8) is 0 Å². The fourth-order valence-electron chi connectivity index (χ4n) is 1.47. The molecule has 1 aliphatic carbocycles. The summed E-state index contributed by atoms with van der Waals surface area (Å²) in [4.78, 5) is 10.3. The van der Waals surface area contributed by atoms with Crippen LogP contribution in [0, 0.1) is 23.2 Å². The van der Waals surface area contributed by atoms with E-state index in [1.165, 1.54) is 0 Å². The monoisotopic (exact) mass is 137 g/mol. The summed E-state index contributed by atoms with van der Waals surface area (Å²) >= 11 is 0. The molecule has 0 unspecified atom stereocenters. The average Bonchev–Trinajstić information content (AvgIpc) is 2.05.